The van der Waals surface area contributed by atoms with Crippen LogP contribution in [0.1, 0.15) is 90.4 Å². The fraction of sp³-hybridized carbons (Fsp3) is 0.714. The molecule has 0 aliphatic carbocycles. The Balaban J connectivity index is 1.77. The number of rotatable bonds is 15. The molecule has 0 fully saturated rings. The minimum absolute atomic E-state index is 0.290. The van der Waals surface area contributed by atoms with E-state index >= 15 is 0 Å². The van der Waals surface area contributed by atoms with E-state index in [0.717, 1.165) is 18.8 Å². The van der Waals surface area contributed by atoms with Crippen LogP contribution in [0.5, 0.6) is 11.5 Å². The Hall–Kier alpha value is -1.18. The van der Waals surface area contributed by atoms with Crippen LogP contribution in [0.3, 0.4) is 0 Å². The summed E-state index contributed by atoms with van der Waals surface area (Å²) < 4.78 is 5.65. The van der Waals surface area contributed by atoms with Crippen molar-refractivity contribution in [2.45, 2.75) is 90.4 Å². The summed E-state index contributed by atoms with van der Waals surface area (Å²) in [6, 6.07) is 6.97. The highest BCUT2D eigenvalue weighted by Crippen LogP contribution is 2.16. The number of unbranched alkanes of at least 4 members (excludes halogenated alkanes) is 12. The zero-order chi connectivity index (χ0) is 16.6. The van der Waals surface area contributed by atoms with Crippen LogP contribution in [0.25, 0.3) is 0 Å². The maximum atomic E-state index is 9.20. The Bertz CT molecular complexity index is 359. The van der Waals surface area contributed by atoms with Crippen molar-refractivity contribution in [2.75, 3.05) is 6.61 Å². The fourth-order valence-corrected chi connectivity index (χ4v) is 2.85. The van der Waals surface area contributed by atoms with Crippen LogP contribution in [0.4, 0.5) is 0 Å². The van der Waals surface area contributed by atoms with E-state index in [4.69, 9.17) is 4.74 Å². The number of hydrogen-bond acceptors (Lipinski definition) is 2. The third-order valence-corrected chi connectivity index (χ3v) is 4.35. The molecular formula is C21H36O2. The molecule has 0 spiro atoms. The van der Waals surface area contributed by atoms with Crippen LogP contribution < -0.4 is 4.74 Å². The van der Waals surface area contributed by atoms with Gasteiger partial charge in [0.05, 0.1) is 6.61 Å². The van der Waals surface area contributed by atoms with Gasteiger partial charge in [0, 0.05) is 0 Å². The number of ether oxygens (including phenoxy) is 1. The molecular weight excluding hydrogens is 284 g/mol. The van der Waals surface area contributed by atoms with Crippen molar-refractivity contribution in [3.05, 3.63) is 24.3 Å². The normalized spacial score (nSPS) is 10.8. The molecule has 0 saturated carbocycles. The second-order valence-electron chi connectivity index (χ2n) is 6.59. The van der Waals surface area contributed by atoms with E-state index < -0.39 is 0 Å². The van der Waals surface area contributed by atoms with Gasteiger partial charge in [-0.15, -0.1) is 0 Å². The topological polar surface area (TPSA) is 29.5 Å². The molecule has 2 heteroatoms. The maximum Gasteiger partial charge on any atom is 0.119 e. The van der Waals surface area contributed by atoms with E-state index in [0.29, 0.717) is 5.75 Å². The molecule has 0 bridgehead atoms. The van der Waals surface area contributed by atoms with Crippen LogP contribution in [0.2, 0.25) is 0 Å². The lowest BCUT2D eigenvalue weighted by Gasteiger charge is -2.06. The van der Waals surface area contributed by atoms with Crippen molar-refractivity contribution in [2.24, 2.45) is 0 Å². The molecule has 0 heterocycles. The highest BCUT2D eigenvalue weighted by Gasteiger charge is 1.96. The largest absolute Gasteiger partial charge is 0.508 e. The predicted octanol–water partition coefficient (Wildman–Crippen LogP) is 6.86. The van der Waals surface area contributed by atoms with E-state index in [1.165, 1.54) is 77.0 Å². The molecule has 1 N–H and O–H groups in total. The Morgan fingerprint density at radius 1 is 0.652 bits per heavy atom. The Morgan fingerprint density at radius 3 is 1.57 bits per heavy atom. The SMILES string of the molecule is CCCCCCCCCCCCCCCOc1ccc(O)cc1. The monoisotopic (exact) mass is 320 g/mol. The molecule has 0 aliphatic rings. The first-order valence-corrected chi connectivity index (χ1v) is 9.74. The lowest BCUT2D eigenvalue weighted by molar-refractivity contribution is 0.303. The lowest BCUT2D eigenvalue weighted by Crippen LogP contribution is -1.96. The van der Waals surface area contributed by atoms with Gasteiger partial charge in [-0.1, -0.05) is 84.0 Å². The van der Waals surface area contributed by atoms with Crippen LogP contribution in [-0.2, 0) is 0 Å². The van der Waals surface area contributed by atoms with Gasteiger partial charge < -0.3 is 9.84 Å². The summed E-state index contributed by atoms with van der Waals surface area (Å²) >= 11 is 0. The van der Waals surface area contributed by atoms with Crippen LogP contribution >= 0.6 is 0 Å². The summed E-state index contributed by atoms with van der Waals surface area (Å²) in [6.45, 7) is 3.06. The second-order valence-corrected chi connectivity index (χ2v) is 6.59. The summed E-state index contributed by atoms with van der Waals surface area (Å²) in [5.74, 6) is 1.14. The van der Waals surface area contributed by atoms with Crippen molar-refractivity contribution in [1.82, 2.24) is 0 Å². The van der Waals surface area contributed by atoms with Gasteiger partial charge in [0.2, 0.25) is 0 Å². The molecule has 1 aromatic rings. The third-order valence-electron chi connectivity index (χ3n) is 4.35. The van der Waals surface area contributed by atoms with Gasteiger partial charge in [-0.3, -0.25) is 0 Å². The molecule has 0 aliphatic heterocycles. The average Bonchev–Trinajstić information content (AvgIpc) is 2.57. The summed E-state index contributed by atoms with van der Waals surface area (Å²) in [6.07, 6.45) is 17.8. The molecule has 0 unspecified atom stereocenters. The quantitative estimate of drug-likeness (QED) is 0.358. The van der Waals surface area contributed by atoms with Crippen LogP contribution in [0, 0.1) is 0 Å². The smallest absolute Gasteiger partial charge is 0.119 e. The lowest BCUT2D eigenvalue weighted by atomic mass is 10.0. The van der Waals surface area contributed by atoms with Crippen molar-refractivity contribution in [1.29, 1.82) is 0 Å². The first kappa shape index (κ1) is 19.9. The molecule has 23 heavy (non-hydrogen) atoms. The molecule has 0 atom stereocenters. The van der Waals surface area contributed by atoms with Crippen molar-refractivity contribution >= 4 is 0 Å². The highest BCUT2D eigenvalue weighted by atomic mass is 16.5. The van der Waals surface area contributed by atoms with Crippen LogP contribution in [0.15, 0.2) is 24.3 Å². The summed E-state index contributed by atoms with van der Waals surface area (Å²) in [5, 5.41) is 9.20. The molecule has 1 aromatic carbocycles. The Kier molecular flexibility index (Phi) is 12.5. The van der Waals surface area contributed by atoms with Crippen LogP contribution in [-0.4, -0.2) is 11.7 Å². The van der Waals surface area contributed by atoms with E-state index in [2.05, 4.69) is 6.92 Å². The molecule has 132 valence electrons. The molecule has 0 radical (unpaired) electrons. The Morgan fingerprint density at radius 2 is 1.09 bits per heavy atom. The van der Waals surface area contributed by atoms with E-state index in [1.807, 2.05) is 12.1 Å². The van der Waals surface area contributed by atoms with Gasteiger partial charge >= 0.3 is 0 Å². The fourth-order valence-electron chi connectivity index (χ4n) is 2.85. The zero-order valence-corrected chi connectivity index (χ0v) is 15.1. The van der Waals surface area contributed by atoms with Gasteiger partial charge in [-0.2, -0.15) is 0 Å². The second kappa shape index (κ2) is 14.4. The summed E-state index contributed by atoms with van der Waals surface area (Å²) in [7, 11) is 0. The number of aromatic hydroxyl groups is 1. The van der Waals surface area contributed by atoms with Gasteiger partial charge in [0.15, 0.2) is 0 Å². The minimum atomic E-state index is 0.290. The molecule has 2 nitrogen and oxygen atoms in total. The van der Waals surface area contributed by atoms with Gasteiger partial charge in [-0.05, 0) is 30.7 Å². The standard InChI is InChI=1S/C21H36O2/c1-2-3-4-5-6-7-8-9-10-11-12-13-14-19-23-21-17-15-20(22)16-18-21/h15-18,22H,2-14,19H2,1H3. The van der Waals surface area contributed by atoms with Crippen molar-refractivity contribution in [3.8, 4) is 11.5 Å². The van der Waals surface area contributed by atoms with Gasteiger partial charge in [0.1, 0.15) is 11.5 Å². The number of phenolic OH excluding ortho intramolecular Hbond substituents is 1. The molecule has 0 saturated heterocycles. The number of benzene rings is 1. The summed E-state index contributed by atoms with van der Waals surface area (Å²) in [5.41, 5.74) is 0. The predicted molar refractivity (Wildman–Crippen MR) is 99.3 cm³/mol. The average molecular weight is 321 g/mol. The van der Waals surface area contributed by atoms with E-state index in [9.17, 15) is 5.11 Å². The third kappa shape index (κ3) is 12.0. The maximum absolute atomic E-state index is 9.20. The first-order chi connectivity index (χ1) is 11.3. The van der Waals surface area contributed by atoms with Gasteiger partial charge in [0.25, 0.3) is 0 Å². The van der Waals surface area contributed by atoms with Crippen molar-refractivity contribution in [3.63, 3.8) is 0 Å². The summed E-state index contributed by atoms with van der Waals surface area (Å²) in [4.78, 5) is 0. The number of hydrogen-bond donors (Lipinski definition) is 1. The van der Waals surface area contributed by atoms with E-state index in [1.54, 1.807) is 12.1 Å². The Labute approximate surface area is 143 Å². The minimum Gasteiger partial charge on any atom is -0.508 e. The molecule has 0 aromatic heterocycles. The molecule has 1 rings (SSSR count). The van der Waals surface area contributed by atoms with Crippen molar-refractivity contribution < 1.29 is 9.84 Å². The zero-order valence-electron chi connectivity index (χ0n) is 15.1. The molecule has 0 amide bonds. The highest BCUT2D eigenvalue weighted by molar-refractivity contribution is 5.29. The first-order valence-electron chi connectivity index (χ1n) is 9.74. The number of phenols is 1. The van der Waals surface area contributed by atoms with E-state index in [-0.39, 0.29) is 0 Å². The van der Waals surface area contributed by atoms with Gasteiger partial charge in [-0.25, -0.2) is 0 Å².